The second-order valence-corrected chi connectivity index (χ2v) is 3.74. The number of hydrogen-bond acceptors (Lipinski definition) is 5. The van der Waals surface area contributed by atoms with Crippen molar-refractivity contribution in [3.8, 4) is 0 Å². The molecule has 2 aromatic heterocycles. The number of hydrogen-bond donors (Lipinski definition) is 1. The van der Waals surface area contributed by atoms with Gasteiger partial charge in [-0.05, 0) is 23.9 Å². The molecule has 0 aromatic carbocycles. The van der Waals surface area contributed by atoms with Crippen LogP contribution in [0.4, 0.5) is 5.69 Å². The van der Waals surface area contributed by atoms with Crippen LogP contribution in [0, 0.1) is 0 Å². The lowest BCUT2D eigenvalue weighted by molar-refractivity contribution is 0.787. The molecule has 0 bridgehead atoms. The van der Waals surface area contributed by atoms with Gasteiger partial charge in [0.15, 0.2) is 5.16 Å². The summed E-state index contributed by atoms with van der Waals surface area (Å²) in [6.07, 6.45) is 3.32. The van der Waals surface area contributed by atoms with Crippen molar-refractivity contribution in [3.05, 3.63) is 24.7 Å². The maximum absolute atomic E-state index is 5.63. The van der Waals surface area contributed by atoms with Crippen LogP contribution < -0.4 is 5.73 Å². The number of rotatable bonds is 2. The molecule has 72 valence electrons. The molecule has 6 heteroatoms. The second kappa shape index (κ2) is 3.67. The van der Waals surface area contributed by atoms with Crippen molar-refractivity contribution in [2.45, 2.75) is 10.2 Å². The molecule has 0 aliphatic rings. The largest absolute Gasteiger partial charge is 0.399 e. The Labute approximate surface area is 85.4 Å². The fraction of sp³-hybridized carbons (Fsp3) is 0.125. The van der Waals surface area contributed by atoms with E-state index in [4.69, 9.17) is 5.73 Å². The maximum Gasteiger partial charge on any atom is 0.197 e. The van der Waals surface area contributed by atoms with Gasteiger partial charge in [-0.1, -0.05) is 0 Å². The Balaban J connectivity index is 2.23. The zero-order valence-corrected chi connectivity index (χ0v) is 8.40. The third-order valence-electron chi connectivity index (χ3n) is 1.62. The lowest BCUT2D eigenvalue weighted by Crippen LogP contribution is -1.91. The molecule has 0 aliphatic heterocycles. The summed E-state index contributed by atoms with van der Waals surface area (Å²) in [6.45, 7) is 0. The van der Waals surface area contributed by atoms with Gasteiger partial charge in [0.25, 0.3) is 0 Å². The first-order valence-corrected chi connectivity index (χ1v) is 4.81. The summed E-state index contributed by atoms with van der Waals surface area (Å²) < 4.78 is 1.83. The molecule has 0 radical (unpaired) electrons. The van der Waals surface area contributed by atoms with E-state index in [1.807, 2.05) is 11.6 Å². The highest BCUT2D eigenvalue weighted by Crippen LogP contribution is 2.23. The topological polar surface area (TPSA) is 69.6 Å². The van der Waals surface area contributed by atoms with E-state index >= 15 is 0 Å². The summed E-state index contributed by atoms with van der Waals surface area (Å²) in [6, 6.07) is 3.56. The molecule has 0 saturated heterocycles. The van der Waals surface area contributed by atoms with Crippen LogP contribution in [0.15, 0.2) is 34.8 Å². The van der Waals surface area contributed by atoms with E-state index in [1.165, 1.54) is 11.8 Å². The molecular weight excluding hydrogens is 198 g/mol. The summed E-state index contributed by atoms with van der Waals surface area (Å²) in [5.41, 5.74) is 6.33. The third kappa shape index (κ3) is 1.85. The highest BCUT2D eigenvalue weighted by Gasteiger charge is 2.04. The van der Waals surface area contributed by atoms with Crippen LogP contribution in [0.2, 0.25) is 0 Å². The van der Waals surface area contributed by atoms with Crippen molar-refractivity contribution in [3.63, 3.8) is 0 Å². The van der Waals surface area contributed by atoms with Crippen LogP contribution in [0.1, 0.15) is 0 Å². The van der Waals surface area contributed by atoms with Crippen molar-refractivity contribution >= 4 is 17.4 Å². The van der Waals surface area contributed by atoms with Gasteiger partial charge in [-0.25, -0.2) is 4.98 Å². The van der Waals surface area contributed by atoms with Gasteiger partial charge in [-0.3, -0.25) is 0 Å². The molecule has 2 rings (SSSR count). The summed E-state index contributed by atoms with van der Waals surface area (Å²) in [7, 11) is 1.88. The quantitative estimate of drug-likeness (QED) is 0.793. The van der Waals surface area contributed by atoms with Gasteiger partial charge in [0.05, 0.1) is 0 Å². The van der Waals surface area contributed by atoms with E-state index in [1.54, 1.807) is 24.7 Å². The fourth-order valence-corrected chi connectivity index (χ4v) is 1.71. The molecule has 2 N–H and O–H groups in total. The average molecular weight is 207 g/mol. The third-order valence-corrected chi connectivity index (χ3v) is 2.61. The van der Waals surface area contributed by atoms with Gasteiger partial charge in [-0.15, -0.1) is 10.2 Å². The molecule has 5 nitrogen and oxygen atoms in total. The zero-order chi connectivity index (χ0) is 9.97. The number of nitrogen functional groups attached to an aromatic ring is 1. The lowest BCUT2D eigenvalue weighted by Gasteiger charge is -1.99. The summed E-state index contributed by atoms with van der Waals surface area (Å²) in [5, 5.41) is 9.32. The molecule has 2 heterocycles. The predicted octanol–water partition coefficient (Wildman–Crippen LogP) is 0.943. The Kier molecular flexibility index (Phi) is 2.36. The van der Waals surface area contributed by atoms with Crippen LogP contribution in [-0.4, -0.2) is 19.7 Å². The first kappa shape index (κ1) is 9.01. The van der Waals surface area contributed by atoms with Crippen LogP contribution in [-0.2, 0) is 7.05 Å². The molecule has 0 spiro atoms. The maximum atomic E-state index is 5.63. The SMILES string of the molecule is Cn1cnnc1Sc1cc(N)ccn1. The number of aromatic nitrogens is 4. The molecule has 0 unspecified atom stereocenters. The van der Waals surface area contributed by atoms with Gasteiger partial charge in [0.2, 0.25) is 0 Å². The molecule has 14 heavy (non-hydrogen) atoms. The van der Waals surface area contributed by atoms with E-state index in [2.05, 4.69) is 15.2 Å². The normalized spacial score (nSPS) is 10.4. The van der Waals surface area contributed by atoms with Gasteiger partial charge in [0, 0.05) is 18.9 Å². The van der Waals surface area contributed by atoms with Crippen LogP contribution in [0.25, 0.3) is 0 Å². The minimum absolute atomic E-state index is 0.699. The zero-order valence-electron chi connectivity index (χ0n) is 7.58. The van der Waals surface area contributed by atoms with Crippen LogP contribution >= 0.6 is 11.8 Å². The Morgan fingerprint density at radius 2 is 2.36 bits per heavy atom. The van der Waals surface area contributed by atoms with Gasteiger partial charge >= 0.3 is 0 Å². The molecule has 0 atom stereocenters. The molecule has 0 aliphatic carbocycles. The van der Waals surface area contributed by atoms with Gasteiger partial charge in [0.1, 0.15) is 11.4 Å². The fourth-order valence-electron chi connectivity index (χ4n) is 0.939. The summed E-state index contributed by atoms with van der Waals surface area (Å²) >= 11 is 1.43. The minimum Gasteiger partial charge on any atom is -0.399 e. The van der Waals surface area contributed by atoms with Gasteiger partial charge < -0.3 is 10.3 Å². The van der Waals surface area contributed by atoms with Crippen molar-refractivity contribution in [1.29, 1.82) is 0 Å². The van der Waals surface area contributed by atoms with Crippen molar-refractivity contribution in [2.24, 2.45) is 7.05 Å². The first-order chi connectivity index (χ1) is 6.75. The first-order valence-electron chi connectivity index (χ1n) is 3.99. The average Bonchev–Trinajstić information content (AvgIpc) is 2.52. The van der Waals surface area contributed by atoms with Crippen LogP contribution in [0.5, 0.6) is 0 Å². The molecule has 0 saturated carbocycles. The van der Waals surface area contributed by atoms with E-state index in [0.29, 0.717) is 5.69 Å². The predicted molar refractivity (Wildman–Crippen MR) is 53.8 cm³/mol. The Bertz CT molecular complexity index is 439. The monoisotopic (exact) mass is 207 g/mol. The minimum atomic E-state index is 0.699. The molecular formula is C8H9N5S. The standard InChI is InChI=1S/C8H9N5S/c1-13-5-11-12-8(13)14-7-4-6(9)2-3-10-7/h2-5H,1H3,(H2,9,10). The highest BCUT2D eigenvalue weighted by atomic mass is 32.2. The number of aryl methyl sites for hydroxylation is 1. The van der Waals surface area contributed by atoms with E-state index in [0.717, 1.165) is 10.2 Å². The Hall–Kier alpha value is -1.56. The van der Waals surface area contributed by atoms with Crippen LogP contribution in [0.3, 0.4) is 0 Å². The highest BCUT2D eigenvalue weighted by molar-refractivity contribution is 7.99. The van der Waals surface area contributed by atoms with E-state index < -0.39 is 0 Å². The lowest BCUT2D eigenvalue weighted by atomic mass is 10.4. The molecule has 0 fully saturated rings. The molecule has 2 aromatic rings. The number of anilines is 1. The van der Waals surface area contributed by atoms with Gasteiger partial charge in [-0.2, -0.15) is 0 Å². The second-order valence-electron chi connectivity index (χ2n) is 2.75. The summed E-state index contributed by atoms with van der Waals surface area (Å²) in [5.74, 6) is 0. The van der Waals surface area contributed by atoms with E-state index in [-0.39, 0.29) is 0 Å². The summed E-state index contributed by atoms with van der Waals surface area (Å²) in [4.78, 5) is 4.16. The number of pyridine rings is 1. The van der Waals surface area contributed by atoms with Crippen molar-refractivity contribution in [2.75, 3.05) is 5.73 Å². The number of nitrogens with zero attached hydrogens (tertiary/aromatic N) is 4. The van der Waals surface area contributed by atoms with Crippen molar-refractivity contribution < 1.29 is 0 Å². The Morgan fingerprint density at radius 3 is 3.00 bits per heavy atom. The van der Waals surface area contributed by atoms with Crippen molar-refractivity contribution in [1.82, 2.24) is 19.7 Å². The van der Waals surface area contributed by atoms with E-state index in [9.17, 15) is 0 Å². The molecule has 0 amide bonds. The smallest absolute Gasteiger partial charge is 0.197 e. The Morgan fingerprint density at radius 1 is 1.50 bits per heavy atom. The number of nitrogens with two attached hydrogens (primary N) is 1.